The summed E-state index contributed by atoms with van der Waals surface area (Å²) in [6.07, 6.45) is -0.377. The summed E-state index contributed by atoms with van der Waals surface area (Å²) in [5.41, 5.74) is 3.59. The zero-order valence-corrected chi connectivity index (χ0v) is 21.3. The lowest BCUT2D eigenvalue weighted by Gasteiger charge is -2.10. The lowest BCUT2D eigenvalue weighted by molar-refractivity contribution is -0.140. The molecule has 0 atom stereocenters. The first-order chi connectivity index (χ1) is 19.1. The number of hydrogen-bond acceptors (Lipinski definition) is 8. The molecule has 8 nitrogen and oxygen atoms in total. The highest BCUT2D eigenvalue weighted by Crippen LogP contribution is 2.31. The molecule has 0 saturated heterocycles. The Morgan fingerprint density at radius 3 is 1.10 bits per heavy atom. The molecule has 4 N–H and O–H groups in total. The Labute approximate surface area is 230 Å². The minimum atomic E-state index is -0.609. The number of phenolic OH excluding ortho intramolecular Hbond substituents is 4. The quantitative estimate of drug-likeness (QED) is 0.152. The first kappa shape index (κ1) is 27.5. The molecule has 0 amide bonds. The monoisotopic (exact) mass is 538 g/mol. The number of carbonyl (C=O) groups excluding carboxylic acids is 2. The standard InChI is InChI=1S/C32H26O8/c1-19(23-13-25(33)17-26(34)14-23)21-3-7-29(8-4-21)39-31(37)11-12-32(38)40-30-9-5-22(6-10-30)20(2)24-15-27(35)18-28(36)16-24/h3-10,13-18,33-36H,1-2,11-12H2. The van der Waals surface area contributed by atoms with Crippen LogP contribution in [0.4, 0.5) is 0 Å². The van der Waals surface area contributed by atoms with Gasteiger partial charge in [-0.25, -0.2) is 0 Å². The third-order valence-electron chi connectivity index (χ3n) is 5.90. The molecule has 0 bridgehead atoms. The number of benzene rings is 4. The molecule has 4 aromatic carbocycles. The minimum Gasteiger partial charge on any atom is -0.508 e. The topological polar surface area (TPSA) is 134 Å². The van der Waals surface area contributed by atoms with E-state index in [1.54, 1.807) is 48.5 Å². The van der Waals surface area contributed by atoms with Crippen molar-refractivity contribution in [2.24, 2.45) is 0 Å². The van der Waals surface area contributed by atoms with Crippen molar-refractivity contribution in [3.05, 3.63) is 120 Å². The van der Waals surface area contributed by atoms with Crippen LogP contribution in [0.3, 0.4) is 0 Å². The number of aromatic hydroxyl groups is 4. The zero-order valence-electron chi connectivity index (χ0n) is 21.3. The molecule has 40 heavy (non-hydrogen) atoms. The first-order valence-corrected chi connectivity index (χ1v) is 12.1. The van der Waals surface area contributed by atoms with Crippen LogP contribution in [-0.4, -0.2) is 32.4 Å². The van der Waals surface area contributed by atoms with E-state index in [2.05, 4.69) is 13.2 Å². The maximum absolute atomic E-state index is 12.2. The lowest BCUT2D eigenvalue weighted by Crippen LogP contribution is -2.14. The molecule has 0 spiro atoms. The van der Waals surface area contributed by atoms with E-state index in [0.29, 0.717) is 33.4 Å². The smallest absolute Gasteiger partial charge is 0.311 e. The van der Waals surface area contributed by atoms with Gasteiger partial charge in [0.2, 0.25) is 0 Å². The molecule has 0 heterocycles. The van der Waals surface area contributed by atoms with Crippen molar-refractivity contribution < 1.29 is 39.5 Å². The second-order valence-electron chi connectivity index (χ2n) is 8.93. The predicted molar refractivity (Wildman–Crippen MR) is 149 cm³/mol. The number of hydrogen-bond donors (Lipinski definition) is 4. The van der Waals surface area contributed by atoms with E-state index in [1.807, 2.05) is 0 Å². The van der Waals surface area contributed by atoms with Crippen LogP contribution in [-0.2, 0) is 9.59 Å². The highest BCUT2D eigenvalue weighted by atomic mass is 16.5. The van der Waals surface area contributed by atoms with Gasteiger partial charge in [0, 0.05) is 12.1 Å². The van der Waals surface area contributed by atoms with Crippen molar-refractivity contribution in [1.29, 1.82) is 0 Å². The van der Waals surface area contributed by atoms with E-state index in [1.165, 1.54) is 36.4 Å². The Balaban J connectivity index is 1.26. The average molecular weight is 539 g/mol. The summed E-state index contributed by atoms with van der Waals surface area (Å²) in [5, 5.41) is 38.7. The van der Waals surface area contributed by atoms with E-state index in [-0.39, 0.29) is 47.3 Å². The second kappa shape index (κ2) is 11.9. The Morgan fingerprint density at radius 1 is 0.500 bits per heavy atom. The number of phenols is 4. The van der Waals surface area contributed by atoms with Crippen LogP contribution >= 0.6 is 0 Å². The van der Waals surface area contributed by atoms with Gasteiger partial charge in [-0.2, -0.15) is 0 Å². The van der Waals surface area contributed by atoms with Crippen molar-refractivity contribution in [2.75, 3.05) is 0 Å². The van der Waals surface area contributed by atoms with Gasteiger partial charge in [-0.3, -0.25) is 9.59 Å². The fourth-order valence-electron chi connectivity index (χ4n) is 3.89. The number of rotatable bonds is 9. The summed E-state index contributed by atoms with van der Waals surface area (Å²) in [4.78, 5) is 24.5. The van der Waals surface area contributed by atoms with Crippen molar-refractivity contribution in [2.45, 2.75) is 12.8 Å². The minimum absolute atomic E-state index is 0.0880. The zero-order chi connectivity index (χ0) is 28.8. The molecule has 0 aliphatic carbocycles. The summed E-state index contributed by atoms with van der Waals surface area (Å²) in [6, 6.07) is 21.4. The van der Waals surface area contributed by atoms with Gasteiger partial charge < -0.3 is 29.9 Å². The molecule has 0 unspecified atom stereocenters. The molecular formula is C32H26O8. The molecule has 0 fully saturated rings. The Kier molecular flexibility index (Phi) is 8.20. The van der Waals surface area contributed by atoms with Crippen LogP contribution in [0, 0.1) is 0 Å². The summed E-state index contributed by atoms with van der Waals surface area (Å²) >= 11 is 0. The maximum Gasteiger partial charge on any atom is 0.311 e. The molecule has 0 aliphatic rings. The van der Waals surface area contributed by atoms with E-state index in [4.69, 9.17) is 9.47 Å². The summed E-state index contributed by atoms with van der Waals surface area (Å²) < 4.78 is 10.6. The van der Waals surface area contributed by atoms with E-state index in [0.717, 1.165) is 0 Å². The number of esters is 2. The average Bonchev–Trinajstić information content (AvgIpc) is 2.91. The third-order valence-corrected chi connectivity index (χ3v) is 5.90. The van der Waals surface area contributed by atoms with Crippen molar-refractivity contribution >= 4 is 23.1 Å². The SMILES string of the molecule is C=C(c1ccc(OC(=O)CCC(=O)Oc2ccc(C(=C)c3cc(O)cc(O)c3)cc2)cc1)c1cc(O)cc(O)c1. The van der Waals surface area contributed by atoms with Gasteiger partial charge >= 0.3 is 11.9 Å². The van der Waals surface area contributed by atoms with Crippen LogP contribution in [0.5, 0.6) is 34.5 Å². The molecular weight excluding hydrogens is 512 g/mol. The molecule has 8 heteroatoms. The van der Waals surface area contributed by atoms with Gasteiger partial charge in [0.15, 0.2) is 0 Å². The third kappa shape index (κ3) is 7.08. The summed E-state index contributed by atoms with van der Waals surface area (Å²) in [5.74, 6) is -1.01. The van der Waals surface area contributed by atoms with Gasteiger partial charge in [0.25, 0.3) is 0 Å². The van der Waals surface area contributed by atoms with Crippen LogP contribution in [0.2, 0.25) is 0 Å². The molecule has 4 rings (SSSR count). The van der Waals surface area contributed by atoms with Crippen LogP contribution < -0.4 is 9.47 Å². The van der Waals surface area contributed by atoms with Crippen molar-refractivity contribution in [1.82, 2.24) is 0 Å². The van der Waals surface area contributed by atoms with Crippen molar-refractivity contribution in [3.8, 4) is 34.5 Å². The van der Waals surface area contributed by atoms with E-state index < -0.39 is 11.9 Å². The Hall–Kier alpha value is -5.50. The molecule has 0 aliphatic heterocycles. The van der Waals surface area contributed by atoms with Gasteiger partial charge in [0.05, 0.1) is 12.8 Å². The Bertz CT molecular complexity index is 1420. The van der Waals surface area contributed by atoms with E-state index in [9.17, 15) is 30.0 Å². The molecule has 4 aromatic rings. The number of ether oxygens (including phenoxy) is 2. The van der Waals surface area contributed by atoms with E-state index >= 15 is 0 Å². The molecule has 0 saturated carbocycles. The van der Waals surface area contributed by atoms with Crippen molar-refractivity contribution in [3.63, 3.8) is 0 Å². The highest BCUT2D eigenvalue weighted by molar-refractivity contribution is 5.82. The first-order valence-electron chi connectivity index (χ1n) is 12.1. The Morgan fingerprint density at radius 2 is 0.800 bits per heavy atom. The molecule has 202 valence electrons. The van der Waals surface area contributed by atoms with Gasteiger partial charge in [-0.05, 0) is 81.9 Å². The maximum atomic E-state index is 12.2. The normalized spacial score (nSPS) is 10.5. The second-order valence-corrected chi connectivity index (χ2v) is 8.93. The van der Waals surface area contributed by atoms with Gasteiger partial charge in [-0.1, -0.05) is 37.4 Å². The molecule has 0 aromatic heterocycles. The fraction of sp³-hybridized carbons (Fsp3) is 0.0625. The summed E-state index contributed by atoms with van der Waals surface area (Å²) in [7, 11) is 0. The lowest BCUT2D eigenvalue weighted by atomic mass is 9.99. The van der Waals surface area contributed by atoms with Gasteiger partial charge in [-0.15, -0.1) is 0 Å². The fourth-order valence-corrected chi connectivity index (χ4v) is 3.89. The predicted octanol–water partition coefficient (Wildman–Crippen LogP) is 5.92. The molecule has 0 radical (unpaired) electrons. The summed E-state index contributed by atoms with van der Waals surface area (Å²) in [6.45, 7) is 7.96. The van der Waals surface area contributed by atoms with Crippen LogP contribution in [0.25, 0.3) is 11.1 Å². The van der Waals surface area contributed by atoms with Gasteiger partial charge in [0.1, 0.15) is 34.5 Å². The number of carbonyl (C=O) groups is 2. The highest BCUT2D eigenvalue weighted by Gasteiger charge is 2.13. The van der Waals surface area contributed by atoms with Crippen LogP contribution in [0.15, 0.2) is 98.1 Å². The van der Waals surface area contributed by atoms with Crippen LogP contribution in [0.1, 0.15) is 35.1 Å². The largest absolute Gasteiger partial charge is 0.508 e.